The van der Waals surface area contributed by atoms with Gasteiger partial charge in [-0.25, -0.2) is 13.2 Å². The minimum atomic E-state index is -2.62. The van der Waals surface area contributed by atoms with E-state index in [0.717, 1.165) is 13.1 Å². The molecule has 1 unspecified atom stereocenters. The highest BCUT2D eigenvalue weighted by atomic mass is 35.5. The Morgan fingerprint density at radius 1 is 1.29 bits per heavy atom. The molecule has 0 bridgehead atoms. The van der Waals surface area contributed by atoms with Crippen molar-refractivity contribution in [3.05, 3.63) is 34.6 Å². The van der Waals surface area contributed by atoms with Crippen molar-refractivity contribution >= 4 is 24.0 Å². The molecule has 0 spiro atoms. The van der Waals surface area contributed by atoms with E-state index in [9.17, 15) is 13.2 Å². The largest absolute Gasteiger partial charge is 0.311 e. The monoisotopic (exact) mass is 382 g/mol. The highest BCUT2D eigenvalue weighted by Gasteiger charge is 2.51. The Kier molecular flexibility index (Phi) is 6.12. The van der Waals surface area contributed by atoms with Gasteiger partial charge in [0.2, 0.25) is 5.92 Å². The Morgan fingerprint density at radius 2 is 1.96 bits per heavy atom. The van der Waals surface area contributed by atoms with Crippen molar-refractivity contribution in [2.75, 3.05) is 13.1 Å². The molecule has 1 saturated heterocycles. The fourth-order valence-electron chi connectivity index (χ4n) is 3.81. The van der Waals surface area contributed by atoms with Gasteiger partial charge in [-0.3, -0.25) is 4.90 Å². The van der Waals surface area contributed by atoms with E-state index in [2.05, 4.69) is 24.1 Å². The van der Waals surface area contributed by atoms with Gasteiger partial charge in [0, 0.05) is 54.6 Å². The standard InChI is InChI=1S/C17H22ClF3N2.ClH/c1-10-9-23(11(2)8-22-10)16(12-6-17(20,21)7-12)14-4-3-13(18)5-15(14)19;/h3-5,10-12,16,22H,6-9H2,1-2H3;1H/t10-,11+,16?;/m0./s1. The second-order valence-electron chi connectivity index (χ2n) is 6.99. The number of piperazine rings is 1. The first-order valence-electron chi connectivity index (χ1n) is 8.09. The van der Waals surface area contributed by atoms with E-state index in [1.54, 1.807) is 12.1 Å². The average molecular weight is 383 g/mol. The number of nitrogens with zero attached hydrogens (tertiary/aromatic N) is 1. The van der Waals surface area contributed by atoms with Crippen LogP contribution < -0.4 is 5.32 Å². The third kappa shape index (κ3) is 4.01. The molecule has 0 radical (unpaired) electrons. The highest BCUT2D eigenvalue weighted by Crippen LogP contribution is 2.51. The molecule has 3 rings (SSSR count). The summed E-state index contributed by atoms with van der Waals surface area (Å²) in [6, 6.07) is 4.66. The normalized spacial score (nSPS) is 28.8. The first kappa shape index (κ1) is 19.8. The first-order chi connectivity index (χ1) is 10.8. The third-order valence-corrected chi connectivity index (χ3v) is 5.25. The Morgan fingerprint density at radius 3 is 2.54 bits per heavy atom. The summed E-state index contributed by atoms with van der Waals surface area (Å²) >= 11 is 5.85. The van der Waals surface area contributed by atoms with Crippen LogP contribution in [0.3, 0.4) is 0 Å². The lowest BCUT2D eigenvalue weighted by Crippen LogP contribution is -2.58. The van der Waals surface area contributed by atoms with E-state index in [-0.39, 0.29) is 49.3 Å². The number of hydrogen-bond acceptors (Lipinski definition) is 2. The van der Waals surface area contributed by atoms with Crippen molar-refractivity contribution < 1.29 is 13.2 Å². The molecule has 0 aromatic heterocycles. The predicted octanol–water partition coefficient (Wildman–Crippen LogP) is 4.67. The molecule has 2 fully saturated rings. The van der Waals surface area contributed by atoms with E-state index in [0.29, 0.717) is 10.6 Å². The molecule has 2 aliphatic rings. The number of halogens is 5. The van der Waals surface area contributed by atoms with Crippen LogP contribution in [0.25, 0.3) is 0 Å². The van der Waals surface area contributed by atoms with Gasteiger partial charge in [0.1, 0.15) is 5.82 Å². The van der Waals surface area contributed by atoms with Gasteiger partial charge in [-0.05, 0) is 31.9 Å². The lowest BCUT2D eigenvalue weighted by atomic mass is 9.73. The summed E-state index contributed by atoms with van der Waals surface area (Å²) in [4.78, 5) is 2.17. The molecule has 7 heteroatoms. The summed E-state index contributed by atoms with van der Waals surface area (Å²) in [5.74, 6) is -3.25. The van der Waals surface area contributed by atoms with Crippen molar-refractivity contribution in [3.63, 3.8) is 0 Å². The SMILES string of the molecule is C[C@@H]1CN[C@@H](C)CN1C(c1ccc(Cl)cc1F)C1CC(F)(F)C1.Cl. The molecule has 1 aliphatic heterocycles. The van der Waals surface area contributed by atoms with Crippen molar-refractivity contribution in [2.45, 2.75) is 50.7 Å². The Bertz CT molecular complexity index is 577. The lowest BCUT2D eigenvalue weighted by Gasteiger charge is -2.49. The minimum absolute atomic E-state index is 0. The average Bonchev–Trinajstić information content (AvgIpc) is 2.43. The van der Waals surface area contributed by atoms with E-state index < -0.39 is 11.7 Å². The van der Waals surface area contributed by atoms with E-state index >= 15 is 0 Å². The maximum Gasteiger partial charge on any atom is 0.248 e. The first-order valence-corrected chi connectivity index (χ1v) is 8.46. The lowest BCUT2D eigenvalue weighted by molar-refractivity contribution is -0.138. The molecular weight excluding hydrogens is 360 g/mol. The topological polar surface area (TPSA) is 15.3 Å². The molecule has 1 N–H and O–H groups in total. The Labute approximate surface area is 152 Å². The van der Waals surface area contributed by atoms with Crippen LogP contribution >= 0.6 is 24.0 Å². The van der Waals surface area contributed by atoms with E-state index in [1.807, 2.05) is 0 Å². The quantitative estimate of drug-likeness (QED) is 0.816. The van der Waals surface area contributed by atoms with Crippen LogP contribution in [0.2, 0.25) is 5.02 Å². The van der Waals surface area contributed by atoms with Crippen molar-refractivity contribution in [3.8, 4) is 0 Å². The second kappa shape index (κ2) is 7.40. The molecule has 1 aromatic rings. The maximum atomic E-state index is 14.5. The molecular formula is C17H23Cl2F3N2. The van der Waals surface area contributed by atoms with Gasteiger partial charge in [-0.15, -0.1) is 12.4 Å². The molecule has 1 heterocycles. The zero-order valence-corrected chi connectivity index (χ0v) is 15.3. The molecule has 136 valence electrons. The maximum absolute atomic E-state index is 14.5. The molecule has 24 heavy (non-hydrogen) atoms. The zero-order valence-electron chi connectivity index (χ0n) is 13.7. The van der Waals surface area contributed by atoms with Gasteiger partial charge < -0.3 is 5.32 Å². The van der Waals surface area contributed by atoms with Crippen molar-refractivity contribution in [2.24, 2.45) is 5.92 Å². The number of alkyl halides is 2. The van der Waals surface area contributed by atoms with Gasteiger partial charge in [-0.1, -0.05) is 17.7 Å². The molecule has 0 amide bonds. The summed E-state index contributed by atoms with van der Waals surface area (Å²) in [5.41, 5.74) is 0.482. The summed E-state index contributed by atoms with van der Waals surface area (Å²) in [7, 11) is 0. The summed E-state index contributed by atoms with van der Waals surface area (Å²) in [6.07, 6.45) is -0.352. The number of benzene rings is 1. The Hall–Kier alpha value is -0.490. The van der Waals surface area contributed by atoms with Crippen LogP contribution in [-0.4, -0.2) is 36.0 Å². The zero-order chi connectivity index (χ0) is 16.8. The van der Waals surface area contributed by atoms with Crippen LogP contribution in [0.4, 0.5) is 13.2 Å². The van der Waals surface area contributed by atoms with Gasteiger partial charge in [0.25, 0.3) is 0 Å². The molecule has 1 aromatic carbocycles. The van der Waals surface area contributed by atoms with Gasteiger partial charge in [-0.2, -0.15) is 0 Å². The summed E-state index contributed by atoms with van der Waals surface area (Å²) in [5, 5.41) is 3.70. The van der Waals surface area contributed by atoms with Crippen molar-refractivity contribution in [1.29, 1.82) is 0 Å². The van der Waals surface area contributed by atoms with Crippen LogP contribution in [0, 0.1) is 11.7 Å². The fourth-order valence-corrected chi connectivity index (χ4v) is 3.97. The van der Waals surface area contributed by atoms with Crippen LogP contribution in [-0.2, 0) is 0 Å². The van der Waals surface area contributed by atoms with E-state index in [4.69, 9.17) is 11.6 Å². The number of nitrogens with one attached hydrogen (secondary N) is 1. The molecule has 3 atom stereocenters. The molecule has 1 saturated carbocycles. The van der Waals surface area contributed by atoms with Crippen LogP contribution in [0.5, 0.6) is 0 Å². The third-order valence-electron chi connectivity index (χ3n) is 5.02. The predicted molar refractivity (Wildman–Crippen MR) is 92.7 cm³/mol. The van der Waals surface area contributed by atoms with Gasteiger partial charge in [0.05, 0.1) is 0 Å². The summed E-state index contributed by atoms with van der Waals surface area (Å²) in [6.45, 7) is 5.60. The van der Waals surface area contributed by atoms with Gasteiger partial charge in [0.15, 0.2) is 0 Å². The highest BCUT2D eigenvalue weighted by molar-refractivity contribution is 6.30. The molecule has 1 aliphatic carbocycles. The summed E-state index contributed by atoms with van der Waals surface area (Å²) < 4.78 is 41.3. The molecule has 2 nitrogen and oxygen atoms in total. The second-order valence-corrected chi connectivity index (χ2v) is 7.43. The van der Waals surface area contributed by atoms with Gasteiger partial charge >= 0.3 is 0 Å². The van der Waals surface area contributed by atoms with Crippen molar-refractivity contribution in [1.82, 2.24) is 10.2 Å². The Balaban J connectivity index is 0.00000208. The number of hydrogen-bond donors (Lipinski definition) is 1. The fraction of sp³-hybridized carbons (Fsp3) is 0.647. The van der Waals surface area contributed by atoms with Crippen LogP contribution in [0.15, 0.2) is 18.2 Å². The smallest absolute Gasteiger partial charge is 0.248 e. The van der Waals surface area contributed by atoms with Crippen LogP contribution in [0.1, 0.15) is 38.3 Å². The number of rotatable bonds is 3. The minimum Gasteiger partial charge on any atom is -0.311 e. The van der Waals surface area contributed by atoms with E-state index in [1.165, 1.54) is 6.07 Å².